The zero-order chi connectivity index (χ0) is 26.2. The largest absolute Gasteiger partial charge is 0.481 e. The van der Waals surface area contributed by atoms with Crippen LogP contribution in [0.2, 0.25) is 0 Å². The van der Waals surface area contributed by atoms with Crippen molar-refractivity contribution in [1.29, 1.82) is 0 Å². The van der Waals surface area contributed by atoms with E-state index in [1.807, 2.05) is 38.1 Å². The third kappa shape index (κ3) is 9.05. The number of fused-ring (bicyclic) bond motifs is 3. The molecule has 5 N–H and O–H groups in total. The van der Waals surface area contributed by atoms with Crippen molar-refractivity contribution in [1.82, 2.24) is 5.32 Å². The Labute approximate surface area is 206 Å². The maximum Gasteiger partial charge on any atom is 0.407 e. The van der Waals surface area contributed by atoms with E-state index in [1.54, 1.807) is 13.8 Å². The number of hydrogen-bond donors (Lipinski definition) is 4. The molecule has 0 fully saturated rings. The third-order valence-electron chi connectivity index (χ3n) is 5.73. The van der Waals surface area contributed by atoms with Crippen LogP contribution in [0.1, 0.15) is 70.4 Å². The van der Waals surface area contributed by atoms with Gasteiger partial charge in [-0.25, -0.2) is 4.79 Å². The van der Waals surface area contributed by atoms with Crippen LogP contribution in [0, 0.1) is 0 Å². The molecule has 1 aliphatic carbocycles. The highest BCUT2D eigenvalue weighted by Gasteiger charge is 2.30. The SMILES string of the molecule is CC(C)(CCC(=O)O)NC(=O)OCC1c2ccccc2-c2ccccc21.CC(C)(N)CCC(=O)O. The number of aliphatic carboxylic acids is 2. The minimum atomic E-state index is -0.882. The molecule has 3 rings (SSSR count). The van der Waals surface area contributed by atoms with E-state index >= 15 is 0 Å². The Morgan fingerprint density at radius 1 is 0.857 bits per heavy atom. The number of carbonyl (C=O) groups excluding carboxylic acids is 1. The number of carbonyl (C=O) groups is 3. The predicted octanol–water partition coefficient (Wildman–Crippen LogP) is 4.76. The van der Waals surface area contributed by atoms with Crippen molar-refractivity contribution in [3.05, 3.63) is 59.7 Å². The van der Waals surface area contributed by atoms with E-state index < -0.39 is 23.6 Å². The minimum Gasteiger partial charge on any atom is -0.481 e. The number of nitrogens with one attached hydrogen (secondary N) is 1. The molecular weight excluding hydrogens is 448 g/mol. The van der Waals surface area contributed by atoms with Gasteiger partial charge in [0.05, 0.1) is 0 Å². The average molecular weight is 485 g/mol. The summed E-state index contributed by atoms with van der Waals surface area (Å²) in [6.07, 6.45) is 0.497. The van der Waals surface area contributed by atoms with Gasteiger partial charge in [0.2, 0.25) is 0 Å². The maximum atomic E-state index is 12.2. The lowest BCUT2D eigenvalue weighted by molar-refractivity contribution is -0.138. The maximum absolute atomic E-state index is 12.2. The lowest BCUT2D eigenvalue weighted by Crippen LogP contribution is -2.44. The summed E-state index contributed by atoms with van der Waals surface area (Å²) in [7, 11) is 0. The van der Waals surface area contributed by atoms with Crippen molar-refractivity contribution >= 4 is 18.0 Å². The molecule has 8 nitrogen and oxygen atoms in total. The monoisotopic (exact) mass is 484 g/mol. The number of alkyl carbamates (subject to hydrolysis) is 1. The first-order valence-corrected chi connectivity index (χ1v) is 11.6. The second-order valence-electron chi connectivity index (χ2n) is 10.1. The summed E-state index contributed by atoms with van der Waals surface area (Å²) in [6, 6.07) is 16.3. The van der Waals surface area contributed by atoms with Crippen LogP contribution in [-0.2, 0) is 14.3 Å². The second-order valence-corrected chi connectivity index (χ2v) is 10.1. The van der Waals surface area contributed by atoms with Crippen LogP contribution in [0.4, 0.5) is 4.79 Å². The number of ether oxygens (including phenoxy) is 1. The van der Waals surface area contributed by atoms with Crippen LogP contribution in [0.15, 0.2) is 48.5 Å². The number of carboxylic acid groups (broad SMARTS) is 2. The van der Waals surface area contributed by atoms with E-state index in [-0.39, 0.29) is 30.9 Å². The van der Waals surface area contributed by atoms with Crippen LogP contribution in [0.3, 0.4) is 0 Å². The fourth-order valence-electron chi connectivity index (χ4n) is 3.82. The Morgan fingerprint density at radius 3 is 1.74 bits per heavy atom. The fourth-order valence-corrected chi connectivity index (χ4v) is 3.82. The number of amides is 1. The Kier molecular flexibility index (Phi) is 9.42. The molecule has 0 unspecified atom stereocenters. The summed E-state index contributed by atoms with van der Waals surface area (Å²) in [4.78, 5) is 32.9. The average Bonchev–Trinajstić information content (AvgIpc) is 3.09. The van der Waals surface area contributed by atoms with Gasteiger partial charge in [-0.2, -0.15) is 0 Å². The van der Waals surface area contributed by atoms with Crippen LogP contribution in [-0.4, -0.2) is 45.9 Å². The van der Waals surface area contributed by atoms with Crippen molar-refractivity contribution in [3.63, 3.8) is 0 Å². The smallest absolute Gasteiger partial charge is 0.407 e. The van der Waals surface area contributed by atoms with Gasteiger partial charge in [-0.05, 0) is 62.8 Å². The van der Waals surface area contributed by atoms with E-state index in [4.69, 9.17) is 20.7 Å². The molecule has 1 aliphatic rings. The summed E-state index contributed by atoms with van der Waals surface area (Å²) < 4.78 is 5.48. The quantitative estimate of drug-likeness (QED) is 0.402. The molecule has 0 aliphatic heterocycles. The van der Waals surface area contributed by atoms with Crippen LogP contribution < -0.4 is 11.1 Å². The molecule has 0 bridgehead atoms. The molecule has 0 atom stereocenters. The van der Waals surface area contributed by atoms with Crippen molar-refractivity contribution in [2.24, 2.45) is 5.73 Å². The molecule has 35 heavy (non-hydrogen) atoms. The van der Waals surface area contributed by atoms with Gasteiger partial charge >= 0.3 is 18.0 Å². The summed E-state index contributed by atoms with van der Waals surface area (Å²) in [5.74, 6) is -1.66. The van der Waals surface area contributed by atoms with Gasteiger partial charge < -0.3 is 26.0 Å². The van der Waals surface area contributed by atoms with E-state index in [2.05, 4.69) is 29.6 Å². The molecule has 0 saturated heterocycles. The van der Waals surface area contributed by atoms with Crippen LogP contribution in [0.25, 0.3) is 11.1 Å². The topological polar surface area (TPSA) is 139 Å². The lowest BCUT2D eigenvalue weighted by atomic mass is 9.98. The van der Waals surface area contributed by atoms with E-state index in [1.165, 1.54) is 11.1 Å². The Bertz CT molecular complexity index is 996. The fraction of sp³-hybridized carbons (Fsp3) is 0.444. The highest BCUT2D eigenvalue weighted by molar-refractivity contribution is 5.79. The van der Waals surface area contributed by atoms with Crippen LogP contribution in [0.5, 0.6) is 0 Å². The summed E-state index contributed by atoms with van der Waals surface area (Å²) in [6.45, 7) is 7.45. The molecule has 0 spiro atoms. The summed E-state index contributed by atoms with van der Waals surface area (Å²) >= 11 is 0. The number of benzene rings is 2. The van der Waals surface area contributed by atoms with E-state index in [9.17, 15) is 14.4 Å². The van der Waals surface area contributed by atoms with Crippen molar-refractivity contribution in [2.45, 2.75) is 70.4 Å². The number of hydrogen-bond acceptors (Lipinski definition) is 5. The molecule has 2 aromatic rings. The lowest BCUT2D eigenvalue weighted by Gasteiger charge is -2.25. The summed E-state index contributed by atoms with van der Waals surface area (Å²) in [5, 5.41) is 19.8. The normalized spacial score (nSPS) is 12.6. The number of rotatable bonds is 9. The van der Waals surface area contributed by atoms with E-state index in [0.717, 1.165) is 11.1 Å². The van der Waals surface area contributed by atoms with Gasteiger partial charge in [0.1, 0.15) is 6.61 Å². The predicted molar refractivity (Wildman–Crippen MR) is 134 cm³/mol. The Balaban J connectivity index is 0.000000410. The second kappa shape index (κ2) is 11.8. The molecular formula is C27H36N2O6. The molecule has 1 amide bonds. The van der Waals surface area contributed by atoms with Gasteiger partial charge in [0, 0.05) is 29.8 Å². The van der Waals surface area contributed by atoms with E-state index in [0.29, 0.717) is 12.8 Å². The first-order valence-electron chi connectivity index (χ1n) is 11.6. The number of carboxylic acids is 2. The zero-order valence-electron chi connectivity index (χ0n) is 20.8. The van der Waals surface area contributed by atoms with Gasteiger partial charge in [-0.3, -0.25) is 9.59 Å². The van der Waals surface area contributed by atoms with Crippen LogP contribution >= 0.6 is 0 Å². The molecule has 0 aromatic heterocycles. The highest BCUT2D eigenvalue weighted by Crippen LogP contribution is 2.44. The Hall–Kier alpha value is -3.39. The first kappa shape index (κ1) is 27.9. The molecule has 2 aromatic carbocycles. The highest BCUT2D eigenvalue weighted by atomic mass is 16.5. The minimum absolute atomic E-state index is 0.00332. The molecule has 0 radical (unpaired) electrons. The van der Waals surface area contributed by atoms with Crippen molar-refractivity contribution in [2.75, 3.05) is 6.61 Å². The zero-order valence-corrected chi connectivity index (χ0v) is 20.8. The Morgan fingerprint density at radius 2 is 1.31 bits per heavy atom. The van der Waals surface area contributed by atoms with Crippen molar-refractivity contribution in [3.8, 4) is 11.1 Å². The molecule has 0 saturated carbocycles. The molecule has 8 heteroatoms. The van der Waals surface area contributed by atoms with Gasteiger partial charge in [0.25, 0.3) is 0 Å². The molecule has 190 valence electrons. The third-order valence-corrected chi connectivity index (χ3v) is 5.73. The van der Waals surface area contributed by atoms with Gasteiger partial charge in [-0.1, -0.05) is 48.5 Å². The van der Waals surface area contributed by atoms with Crippen molar-refractivity contribution < 1.29 is 29.3 Å². The van der Waals surface area contributed by atoms with Gasteiger partial charge in [-0.15, -0.1) is 0 Å². The summed E-state index contributed by atoms with van der Waals surface area (Å²) in [5.41, 5.74) is 9.21. The van der Waals surface area contributed by atoms with Gasteiger partial charge in [0.15, 0.2) is 0 Å². The first-order chi connectivity index (χ1) is 16.3. The number of nitrogens with two attached hydrogens (primary N) is 1. The molecule has 0 heterocycles. The standard InChI is InChI=1S/C21H23NO4.C6H13NO2/c1-21(2,12-11-19(23)24)22-20(25)26-13-18-16-9-5-3-7-14(16)15-8-4-6-10-17(15)18;1-6(2,7)4-3-5(8)9/h3-10,18H,11-13H2,1-2H3,(H,22,25)(H,23,24);3-4,7H2,1-2H3,(H,8,9).